The van der Waals surface area contributed by atoms with Crippen molar-refractivity contribution >= 4 is 11.7 Å². The van der Waals surface area contributed by atoms with E-state index in [9.17, 15) is 4.79 Å². The molecule has 0 atom stereocenters. The molecule has 0 heterocycles. The van der Waals surface area contributed by atoms with Gasteiger partial charge in [0.1, 0.15) is 0 Å². The Bertz CT molecular complexity index is 143. The van der Waals surface area contributed by atoms with Gasteiger partial charge < -0.3 is 10.1 Å². The Labute approximate surface area is 67.3 Å². The van der Waals surface area contributed by atoms with E-state index >= 15 is 0 Å². The van der Waals surface area contributed by atoms with Gasteiger partial charge in [-0.2, -0.15) is 0 Å². The molecule has 1 N–H and O–H groups in total. The molecular formula is C8H15NO2. The summed E-state index contributed by atoms with van der Waals surface area (Å²) in [6.45, 7) is 4.14. The summed E-state index contributed by atoms with van der Waals surface area (Å²) in [6, 6.07) is 0. The lowest BCUT2D eigenvalue weighted by Gasteiger charge is -2.01. The molecule has 0 aromatic carbocycles. The lowest BCUT2D eigenvalue weighted by molar-refractivity contribution is -0.143. The summed E-state index contributed by atoms with van der Waals surface area (Å²) in [6.07, 6.45) is 1.72. The Kier molecular flexibility index (Phi) is 5.43. The van der Waals surface area contributed by atoms with E-state index in [-0.39, 0.29) is 5.97 Å². The van der Waals surface area contributed by atoms with Gasteiger partial charge in [0.25, 0.3) is 0 Å². The van der Waals surface area contributed by atoms with E-state index in [1.807, 2.05) is 6.92 Å². The minimum atomic E-state index is -0.196. The summed E-state index contributed by atoms with van der Waals surface area (Å²) >= 11 is 0. The minimum absolute atomic E-state index is 0.196. The molecule has 0 saturated heterocycles. The number of carbonyl (C=O) groups excluding carboxylic acids is 1. The van der Waals surface area contributed by atoms with Gasteiger partial charge in [-0.1, -0.05) is 6.92 Å². The molecule has 0 aliphatic rings. The molecule has 64 valence electrons. The number of nitrogens with one attached hydrogen (secondary N) is 1. The van der Waals surface area contributed by atoms with Gasteiger partial charge in [0.05, 0.1) is 13.0 Å². The van der Waals surface area contributed by atoms with Crippen LogP contribution in [0.4, 0.5) is 0 Å². The van der Waals surface area contributed by atoms with Crippen LogP contribution < -0.4 is 0 Å². The molecule has 0 rings (SSSR count). The molecule has 3 heteroatoms. The zero-order valence-electron chi connectivity index (χ0n) is 7.14. The number of rotatable bonds is 5. The van der Waals surface area contributed by atoms with Crippen LogP contribution in [-0.4, -0.2) is 18.3 Å². The molecule has 0 aliphatic heterocycles. The van der Waals surface area contributed by atoms with Crippen molar-refractivity contribution in [3.05, 3.63) is 0 Å². The smallest absolute Gasteiger partial charge is 0.306 e. The Balaban J connectivity index is 3.30. The van der Waals surface area contributed by atoms with Crippen LogP contribution in [-0.2, 0) is 9.53 Å². The van der Waals surface area contributed by atoms with E-state index in [0.29, 0.717) is 25.2 Å². The third-order valence-electron chi connectivity index (χ3n) is 1.17. The van der Waals surface area contributed by atoms with Crippen LogP contribution in [0.1, 0.15) is 33.1 Å². The highest BCUT2D eigenvalue weighted by atomic mass is 16.5. The molecular weight excluding hydrogens is 142 g/mol. The summed E-state index contributed by atoms with van der Waals surface area (Å²) in [5.74, 6) is -0.196. The second-order valence-corrected chi connectivity index (χ2v) is 2.50. The molecule has 0 radical (unpaired) electrons. The van der Waals surface area contributed by atoms with Crippen LogP contribution in [0.5, 0.6) is 0 Å². The standard InChI is InChI=1S/C8H15NO2/c1-3-6-11-8(10)5-4-7(2)9/h9H,3-6H2,1-2H3. The maximum atomic E-state index is 10.8. The quantitative estimate of drug-likeness (QED) is 0.488. The predicted octanol–water partition coefficient (Wildman–Crippen LogP) is 1.76. The second-order valence-electron chi connectivity index (χ2n) is 2.50. The number of hydrogen-bond acceptors (Lipinski definition) is 3. The third-order valence-corrected chi connectivity index (χ3v) is 1.17. The molecule has 3 nitrogen and oxygen atoms in total. The summed E-state index contributed by atoms with van der Waals surface area (Å²) in [7, 11) is 0. The van der Waals surface area contributed by atoms with Crippen molar-refractivity contribution in [2.45, 2.75) is 33.1 Å². The molecule has 0 unspecified atom stereocenters. The van der Waals surface area contributed by atoms with Crippen molar-refractivity contribution in [3.63, 3.8) is 0 Å². The second kappa shape index (κ2) is 5.89. The minimum Gasteiger partial charge on any atom is -0.466 e. The van der Waals surface area contributed by atoms with Crippen molar-refractivity contribution in [1.29, 1.82) is 5.41 Å². The topological polar surface area (TPSA) is 50.2 Å². The molecule has 0 amide bonds. The van der Waals surface area contributed by atoms with Gasteiger partial charge in [0.2, 0.25) is 0 Å². The van der Waals surface area contributed by atoms with E-state index in [0.717, 1.165) is 6.42 Å². The predicted molar refractivity (Wildman–Crippen MR) is 43.9 cm³/mol. The van der Waals surface area contributed by atoms with Crippen molar-refractivity contribution in [1.82, 2.24) is 0 Å². The SMILES string of the molecule is CCCOC(=O)CCC(C)=N. The summed E-state index contributed by atoms with van der Waals surface area (Å²) in [4.78, 5) is 10.8. The van der Waals surface area contributed by atoms with E-state index in [2.05, 4.69) is 0 Å². The first-order chi connectivity index (χ1) is 5.16. The van der Waals surface area contributed by atoms with Crippen LogP contribution >= 0.6 is 0 Å². The largest absolute Gasteiger partial charge is 0.466 e. The molecule has 0 aromatic heterocycles. The van der Waals surface area contributed by atoms with Gasteiger partial charge >= 0.3 is 5.97 Å². The molecule has 0 fully saturated rings. The first-order valence-electron chi connectivity index (χ1n) is 3.86. The van der Waals surface area contributed by atoms with Crippen LogP contribution in [0.15, 0.2) is 0 Å². The van der Waals surface area contributed by atoms with Gasteiger partial charge in [0, 0.05) is 5.71 Å². The zero-order valence-corrected chi connectivity index (χ0v) is 7.14. The lowest BCUT2D eigenvalue weighted by atomic mass is 10.2. The van der Waals surface area contributed by atoms with Crippen LogP contribution in [0.25, 0.3) is 0 Å². The van der Waals surface area contributed by atoms with Crippen LogP contribution in [0.3, 0.4) is 0 Å². The molecule has 0 aliphatic carbocycles. The monoisotopic (exact) mass is 157 g/mol. The summed E-state index contributed by atoms with van der Waals surface area (Å²) in [5.41, 5.74) is 0.526. The maximum absolute atomic E-state index is 10.8. The van der Waals surface area contributed by atoms with E-state index < -0.39 is 0 Å². The lowest BCUT2D eigenvalue weighted by Crippen LogP contribution is -2.06. The maximum Gasteiger partial charge on any atom is 0.306 e. The van der Waals surface area contributed by atoms with Crippen molar-refractivity contribution < 1.29 is 9.53 Å². The highest BCUT2D eigenvalue weighted by molar-refractivity contribution is 5.82. The van der Waals surface area contributed by atoms with Gasteiger partial charge in [-0.25, -0.2) is 0 Å². The Morgan fingerprint density at radius 3 is 2.55 bits per heavy atom. The molecule has 11 heavy (non-hydrogen) atoms. The first kappa shape index (κ1) is 10.1. The van der Waals surface area contributed by atoms with E-state index in [4.69, 9.17) is 10.1 Å². The molecule has 0 aromatic rings. The van der Waals surface area contributed by atoms with Gasteiger partial charge in [0.15, 0.2) is 0 Å². The first-order valence-corrected chi connectivity index (χ1v) is 3.86. The third kappa shape index (κ3) is 7.03. The number of hydrogen-bond donors (Lipinski definition) is 1. The van der Waals surface area contributed by atoms with Crippen LogP contribution in [0.2, 0.25) is 0 Å². The van der Waals surface area contributed by atoms with Crippen molar-refractivity contribution in [2.24, 2.45) is 0 Å². The summed E-state index contributed by atoms with van der Waals surface area (Å²) in [5, 5.41) is 7.06. The highest BCUT2D eigenvalue weighted by Gasteiger charge is 2.01. The molecule has 0 bridgehead atoms. The Hall–Kier alpha value is -0.860. The van der Waals surface area contributed by atoms with Crippen LogP contribution in [0, 0.1) is 5.41 Å². The molecule has 0 saturated carbocycles. The van der Waals surface area contributed by atoms with Gasteiger partial charge in [-0.05, 0) is 19.8 Å². The number of ether oxygens (including phenoxy) is 1. The normalized spacial score (nSPS) is 9.27. The van der Waals surface area contributed by atoms with E-state index in [1.165, 1.54) is 0 Å². The zero-order chi connectivity index (χ0) is 8.69. The number of carbonyl (C=O) groups is 1. The Morgan fingerprint density at radius 1 is 1.45 bits per heavy atom. The Morgan fingerprint density at radius 2 is 2.09 bits per heavy atom. The highest BCUT2D eigenvalue weighted by Crippen LogP contribution is 1.94. The fourth-order valence-electron chi connectivity index (χ4n) is 0.578. The molecule has 0 spiro atoms. The van der Waals surface area contributed by atoms with Crippen molar-refractivity contribution in [2.75, 3.05) is 6.61 Å². The average molecular weight is 157 g/mol. The van der Waals surface area contributed by atoms with Gasteiger partial charge in [-0.3, -0.25) is 4.79 Å². The van der Waals surface area contributed by atoms with Crippen molar-refractivity contribution in [3.8, 4) is 0 Å². The van der Waals surface area contributed by atoms with Gasteiger partial charge in [-0.15, -0.1) is 0 Å². The fraction of sp³-hybridized carbons (Fsp3) is 0.750. The summed E-state index contributed by atoms with van der Waals surface area (Å²) < 4.78 is 4.81. The average Bonchev–Trinajstić information content (AvgIpc) is 1.97. The fourth-order valence-corrected chi connectivity index (χ4v) is 0.578. The van der Waals surface area contributed by atoms with E-state index in [1.54, 1.807) is 6.92 Å². The number of esters is 1.